The number of aromatic nitrogens is 3. The lowest BCUT2D eigenvalue weighted by Crippen LogP contribution is -2.58. The van der Waals surface area contributed by atoms with Crippen LogP contribution in [0.3, 0.4) is 0 Å². The molecule has 5 atom stereocenters. The summed E-state index contributed by atoms with van der Waals surface area (Å²) in [6.45, 7) is 1.80. The summed E-state index contributed by atoms with van der Waals surface area (Å²) in [7, 11) is 0. The fraction of sp³-hybridized carbons (Fsp3) is 0.500. The second-order valence-corrected chi connectivity index (χ2v) is 14.0. The first-order valence-electron chi connectivity index (χ1n) is 16.6. The molecular formula is C34H32F6N6O3. The van der Waals surface area contributed by atoms with E-state index in [0.29, 0.717) is 49.2 Å². The Hall–Kier alpha value is -4.11. The molecule has 0 aliphatic carbocycles. The molecule has 5 aliphatic heterocycles. The number of rotatable bonds is 5. The molecule has 2 aromatic carbocycles. The van der Waals surface area contributed by atoms with Gasteiger partial charge in [0.05, 0.1) is 16.6 Å². The lowest BCUT2D eigenvalue weighted by atomic mass is 9.95. The summed E-state index contributed by atoms with van der Waals surface area (Å²) in [5.41, 5.74) is -0.980. The number of fused-ring (bicyclic) bond motifs is 7. The monoisotopic (exact) mass is 686 g/mol. The molecule has 49 heavy (non-hydrogen) atoms. The van der Waals surface area contributed by atoms with E-state index in [-0.39, 0.29) is 47.2 Å². The Labute approximate surface area is 276 Å². The second-order valence-electron chi connectivity index (χ2n) is 14.0. The maximum absolute atomic E-state index is 17.1. The van der Waals surface area contributed by atoms with Gasteiger partial charge in [0.1, 0.15) is 35.6 Å². The predicted molar refractivity (Wildman–Crippen MR) is 166 cm³/mol. The van der Waals surface area contributed by atoms with Gasteiger partial charge in [0.15, 0.2) is 17.4 Å². The summed E-state index contributed by atoms with van der Waals surface area (Å²) in [5.74, 6) is -3.42. The largest absolute Gasteiger partial charge is 0.573 e. The fourth-order valence-corrected chi connectivity index (χ4v) is 9.05. The van der Waals surface area contributed by atoms with E-state index in [1.165, 1.54) is 6.07 Å². The van der Waals surface area contributed by atoms with Crippen molar-refractivity contribution in [3.05, 3.63) is 41.6 Å². The van der Waals surface area contributed by atoms with Gasteiger partial charge in [-0.25, -0.2) is 18.2 Å². The van der Waals surface area contributed by atoms with Crippen molar-refractivity contribution in [2.24, 2.45) is 0 Å². The molecule has 5 aliphatic rings. The Morgan fingerprint density at radius 3 is 2.73 bits per heavy atom. The first kappa shape index (κ1) is 30.9. The number of hydrogen-bond acceptors (Lipinski definition) is 9. The molecule has 2 N–H and O–H groups in total. The fourth-order valence-electron chi connectivity index (χ4n) is 9.05. The normalized spacial score (nSPS) is 27.8. The zero-order valence-electron chi connectivity index (χ0n) is 26.2. The number of nitrogens with zero attached hydrogens (tertiary/aromatic N) is 5. The van der Waals surface area contributed by atoms with Gasteiger partial charge < -0.3 is 24.8 Å². The molecule has 7 heterocycles. The minimum atomic E-state index is -5.26. The van der Waals surface area contributed by atoms with Crippen molar-refractivity contribution < 1.29 is 40.9 Å². The predicted octanol–water partition coefficient (Wildman–Crippen LogP) is 5.94. The molecule has 0 amide bonds. The third-order valence-electron chi connectivity index (χ3n) is 11.0. The smallest absolute Gasteiger partial charge is 0.508 e. The van der Waals surface area contributed by atoms with E-state index in [1.54, 1.807) is 0 Å². The van der Waals surface area contributed by atoms with Crippen LogP contribution >= 0.6 is 0 Å². The van der Waals surface area contributed by atoms with E-state index in [2.05, 4.69) is 29.8 Å². The van der Waals surface area contributed by atoms with Gasteiger partial charge in [-0.2, -0.15) is 9.97 Å². The van der Waals surface area contributed by atoms with E-state index in [4.69, 9.17) is 9.72 Å². The summed E-state index contributed by atoms with van der Waals surface area (Å²) < 4.78 is 97.5. The highest BCUT2D eigenvalue weighted by atomic mass is 19.4. The van der Waals surface area contributed by atoms with Crippen LogP contribution in [0.1, 0.15) is 44.2 Å². The van der Waals surface area contributed by atoms with Crippen LogP contribution in [0.5, 0.6) is 17.5 Å². The van der Waals surface area contributed by atoms with E-state index in [9.17, 15) is 22.7 Å². The zero-order valence-corrected chi connectivity index (χ0v) is 26.2. The first-order valence-corrected chi connectivity index (χ1v) is 16.6. The average molecular weight is 687 g/mol. The molecule has 0 radical (unpaired) electrons. The highest BCUT2D eigenvalue weighted by Gasteiger charge is 2.50. The molecule has 258 valence electrons. The number of alkyl halides is 4. The summed E-state index contributed by atoms with van der Waals surface area (Å²) >= 11 is 0. The molecule has 4 aromatic rings. The van der Waals surface area contributed by atoms with Gasteiger partial charge in [-0.1, -0.05) is 6.07 Å². The lowest BCUT2D eigenvalue weighted by molar-refractivity contribution is -0.275. The van der Waals surface area contributed by atoms with Gasteiger partial charge in [0.2, 0.25) is 0 Å². The van der Waals surface area contributed by atoms with Gasteiger partial charge in [-0.3, -0.25) is 4.90 Å². The molecule has 2 bridgehead atoms. The third-order valence-corrected chi connectivity index (χ3v) is 11.0. The van der Waals surface area contributed by atoms with Crippen LogP contribution in [0, 0.1) is 11.6 Å². The van der Waals surface area contributed by atoms with E-state index in [1.807, 2.05) is 0 Å². The number of phenols is 1. The van der Waals surface area contributed by atoms with Gasteiger partial charge in [-0.15, -0.1) is 13.2 Å². The van der Waals surface area contributed by atoms with Crippen molar-refractivity contribution in [2.45, 2.75) is 81.1 Å². The Bertz CT molecular complexity index is 2010. The number of nitrogens with one attached hydrogen (secondary N) is 1. The highest BCUT2D eigenvalue weighted by molar-refractivity contribution is 6.04. The topological polar surface area (TPSA) is 95.9 Å². The molecule has 0 spiro atoms. The number of aryl methyl sites for hydroxylation is 1. The second kappa shape index (κ2) is 10.9. The van der Waals surface area contributed by atoms with Crippen LogP contribution in [0.25, 0.3) is 32.9 Å². The Kier molecular flexibility index (Phi) is 6.90. The van der Waals surface area contributed by atoms with Crippen LogP contribution in [0.2, 0.25) is 0 Å². The lowest BCUT2D eigenvalue weighted by Gasteiger charge is -2.41. The standard InChI is InChI=1S/C34H32F6N6O3/c35-17-12-33(8-1-9-45(33)13-17)15-48-32-43-29-26-23(6-7-24-22-5-3-18(41-22)14-46(24)31(26)44-32)42-28(27(29)37)20-11-19(47)10-16-2-4-21(36)30(25(16)20)49-34(38,39)40/h2,4,10-11,17-18,22,24,41,47H,1,3,5-9,12-15H2/t17-,18-,22+,24-,33+/m1/s1. The van der Waals surface area contributed by atoms with Crippen molar-refractivity contribution in [2.75, 3.05) is 31.1 Å². The average Bonchev–Trinajstić information content (AvgIpc) is 3.68. The number of anilines is 1. The summed E-state index contributed by atoms with van der Waals surface area (Å²) in [5, 5.41) is 14.2. The molecule has 0 saturated carbocycles. The SMILES string of the molecule is Oc1cc(-c2nc3c4c(nc(OC[C@@]56CCCN5C[C@H](F)C6)nc4c2F)N2C[C@H]4CC[C@H](N4)[C@H]2CC3)c2c(OC(F)(F)F)c(F)ccc2c1. The number of piperazine rings is 1. The van der Waals surface area contributed by atoms with Gasteiger partial charge in [0, 0.05) is 48.6 Å². The van der Waals surface area contributed by atoms with Crippen LogP contribution in [-0.2, 0) is 6.42 Å². The third kappa shape index (κ3) is 5.02. The summed E-state index contributed by atoms with van der Waals surface area (Å²) in [6.07, 6.45) is -1.35. The number of ether oxygens (including phenoxy) is 2. The number of halogens is 6. The van der Waals surface area contributed by atoms with E-state index in [0.717, 1.165) is 50.4 Å². The van der Waals surface area contributed by atoms with Crippen molar-refractivity contribution >= 4 is 27.5 Å². The summed E-state index contributed by atoms with van der Waals surface area (Å²) in [6, 6.07) is 4.40. The minimum absolute atomic E-state index is 0.000981. The molecule has 2 aromatic heterocycles. The molecule has 9 rings (SSSR count). The van der Waals surface area contributed by atoms with Crippen LogP contribution < -0.4 is 19.7 Å². The molecule has 4 fully saturated rings. The van der Waals surface area contributed by atoms with Crippen molar-refractivity contribution in [3.63, 3.8) is 0 Å². The number of benzene rings is 2. The van der Waals surface area contributed by atoms with Crippen LogP contribution in [-0.4, -0.2) is 87.4 Å². The van der Waals surface area contributed by atoms with Crippen LogP contribution in [0.15, 0.2) is 24.3 Å². The number of hydrogen-bond donors (Lipinski definition) is 2. The quantitative estimate of drug-likeness (QED) is 0.248. The van der Waals surface area contributed by atoms with Crippen molar-refractivity contribution in [3.8, 4) is 28.8 Å². The molecule has 15 heteroatoms. The molecule has 0 unspecified atom stereocenters. The van der Waals surface area contributed by atoms with E-state index < -0.39 is 52.3 Å². The number of pyridine rings is 1. The Morgan fingerprint density at radius 2 is 1.90 bits per heavy atom. The van der Waals surface area contributed by atoms with E-state index >= 15 is 8.78 Å². The maximum Gasteiger partial charge on any atom is 0.573 e. The Morgan fingerprint density at radius 1 is 1.04 bits per heavy atom. The van der Waals surface area contributed by atoms with Crippen LogP contribution in [0.4, 0.5) is 32.2 Å². The molecular weight excluding hydrogens is 654 g/mol. The van der Waals surface area contributed by atoms with Gasteiger partial charge in [0.25, 0.3) is 0 Å². The summed E-state index contributed by atoms with van der Waals surface area (Å²) in [4.78, 5) is 18.3. The zero-order chi connectivity index (χ0) is 33.8. The van der Waals surface area contributed by atoms with Gasteiger partial charge in [-0.05, 0) is 68.7 Å². The Balaban J connectivity index is 1.24. The minimum Gasteiger partial charge on any atom is -0.508 e. The first-order chi connectivity index (χ1) is 23.5. The molecule has 9 nitrogen and oxygen atoms in total. The maximum atomic E-state index is 17.1. The highest BCUT2D eigenvalue weighted by Crippen LogP contribution is 2.46. The molecule has 4 saturated heterocycles. The van der Waals surface area contributed by atoms with Crippen molar-refractivity contribution in [1.82, 2.24) is 25.2 Å². The number of phenolic OH excluding ortho intramolecular Hbond substituents is 1. The van der Waals surface area contributed by atoms with Gasteiger partial charge >= 0.3 is 12.4 Å². The van der Waals surface area contributed by atoms with Crippen molar-refractivity contribution in [1.29, 1.82) is 0 Å². The number of aromatic hydroxyl groups is 1.